The summed E-state index contributed by atoms with van der Waals surface area (Å²) in [6.07, 6.45) is -4.77. The van der Waals surface area contributed by atoms with Gasteiger partial charge in [0.15, 0.2) is 0 Å². The number of carbonyl (C=O) groups excluding carboxylic acids is 1. The highest BCUT2D eigenvalue weighted by molar-refractivity contribution is 7.89. The Bertz CT molecular complexity index is 913. The van der Waals surface area contributed by atoms with E-state index in [1.807, 2.05) is 0 Å². The molecule has 0 spiro atoms. The molecule has 0 heterocycles. The van der Waals surface area contributed by atoms with E-state index in [0.29, 0.717) is 15.6 Å². The lowest BCUT2D eigenvalue weighted by molar-refractivity contribution is -0.121. The minimum atomic E-state index is -4.67. The van der Waals surface area contributed by atoms with Crippen LogP contribution in [0.1, 0.15) is 5.56 Å². The molecule has 146 valence electrons. The number of anilines is 1. The molecule has 0 saturated carbocycles. The number of benzene rings is 2. The zero-order valence-corrected chi connectivity index (χ0v) is 15.8. The van der Waals surface area contributed by atoms with Crippen LogP contribution >= 0.6 is 23.2 Å². The summed E-state index contributed by atoms with van der Waals surface area (Å²) in [5.41, 5.74) is 0.701. The Labute approximate surface area is 163 Å². The molecular formula is C16H13Cl2F3N2O3S. The van der Waals surface area contributed by atoms with Crippen molar-refractivity contribution in [2.45, 2.75) is 17.5 Å². The molecule has 11 heteroatoms. The molecule has 0 radical (unpaired) electrons. The summed E-state index contributed by atoms with van der Waals surface area (Å²) >= 11 is 12.0. The molecule has 2 N–H and O–H groups in total. The number of halogens is 5. The lowest BCUT2D eigenvalue weighted by atomic mass is 10.1. The first kappa shape index (κ1) is 21.5. The molecule has 0 unspecified atom stereocenters. The highest BCUT2D eigenvalue weighted by Crippen LogP contribution is 2.25. The van der Waals surface area contributed by atoms with Gasteiger partial charge in [-0.05, 0) is 42.0 Å². The van der Waals surface area contributed by atoms with Gasteiger partial charge < -0.3 is 5.32 Å². The maximum absolute atomic E-state index is 12.2. The second kappa shape index (κ2) is 8.47. The number of alkyl halides is 3. The zero-order chi connectivity index (χ0) is 20.2. The lowest BCUT2D eigenvalue weighted by Gasteiger charge is -2.11. The van der Waals surface area contributed by atoms with E-state index in [1.165, 1.54) is 16.9 Å². The Morgan fingerprint density at radius 3 is 2.07 bits per heavy atom. The van der Waals surface area contributed by atoms with Gasteiger partial charge in [-0.1, -0.05) is 29.3 Å². The standard InChI is InChI=1S/C16H13Cl2F3N2O3S/c17-13-2-1-3-14(18)12(13)8-15(24)23-10-4-6-11(7-5-10)27(25,26)22-9-16(19,20)21/h1-7,22H,8-9H2,(H,23,24). The number of rotatable bonds is 6. The van der Waals surface area contributed by atoms with Crippen molar-refractivity contribution in [2.24, 2.45) is 0 Å². The maximum atomic E-state index is 12.2. The molecule has 0 saturated heterocycles. The minimum Gasteiger partial charge on any atom is -0.326 e. The fourth-order valence-electron chi connectivity index (χ4n) is 2.04. The summed E-state index contributed by atoms with van der Waals surface area (Å²) in [5.74, 6) is -0.448. The number of amides is 1. The van der Waals surface area contributed by atoms with Crippen molar-refractivity contribution in [2.75, 3.05) is 11.9 Å². The quantitative estimate of drug-likeness (QED) is 0.712. The van der Waals surface area contributed by atoms with Gasteiger partial charge in [0.05, 0.1) is 11.3 Å². The first-order chi connectivity index (χ1) is 12.5. The smallest absolute Gasteiger partial charge is 0.326 e. The number of carbonyl (C=O) groups is 1. The molecule has 2 aromatic carbocycles. The Balaban J connectivity index is 2.04. The molecule has 2 rings (SSSR count). The second-order valence-electron chi connectivity index (χ2n) is 5.39. The van der Waals surface area contributed by atoms with Crippen molar-refractivity contribution in [3.05, 3.63) is 58.1 Å². The summed E-state index contributed by atoms with van der Waals surface area (Å²) in [6.45, 7) is -1.67. The summed E-state index contributed by atoms with van der Waals surface area (Å²) in [5, 5.41) is 3.19. The minimum absolute atomic E-state index is 0.105. The fraction of sp³-hybridized carbons (Fsp3) is 0.188. The first-order valence-electron chi connectivity index (χ1n) is 7.37. The molecular weight excluding hydrogens is 428 g/mol. The van der Waals surface area contributed by atoms with Crippen molar-refractivity contribution in [1.29, 1.82) is 0 Å². The van der Waals surface area contributed by atoms with E-state index < -0.39 is 28.7 Å². The molecule has 0 aliphatic heterocycles. The van der Waals surface area contributed by atoms with Gasteiger partial charge in [0.2, 0.25) is 15.9 Å². The Morgan fingerprint density at radius 2 is 1.56 bits per heavy atom. The molecule has 27 heavy (non-hydrogen) atoms. The number of hydrogen-bond acceptors (Lipinski definition) is 3. The third kappa shape index (κ3) is 6.39. The summed E-state index contributed by atoms with van der Waals surface area (Å²) in [6, 6.07) is 9.49. The van der Waals surface area contributed by atoms with Crippen molar-refractivity contribution in [3.63, 3.8) is 0 Å². The van der Waals surface area contributed by atoms with Crippen LogP contribution in [0.25, 0.3) is 0 Å². The van der Waals surface area contributed by atoms with Gasteiger partial charge >= 0.3 is 6.18 Å². The van der Waals surface area contributed by atoms with Gasteiger partial charge in [-0.25, -0.2) is 13.1 Å². The number of nitrogens with one attached hydrogen (secondary N) is 2. The van der Waals surface area contributed by atoms with Crippen LogP contribution in [-0.2, 0) is 21.2 Å². The van der Waals surface area contributed by atoms with Crippen molar-refractivity contribution in [1.82, 2.24) is 4.72 Å². The Morgan fingerprint density at radius 1 is 1.00 bits per heavy atom. The molecule has 0 aliphatic rings. The van der Waals surface area contributed by atoms with E-state index in [4.69, 9.17) is 23.2 Å². The topological polar surface area (TPSA) is 75.3 Å². The molecule has 0 aliphatic carbocycles. The van der Waals surface area contributed by atoms with Crippen molar-refractivity contribution < 1.29 is 26.4 Å². The van der Waals surface area contributed by atoms with E-state index in [-0.39, 0.29) is 17.0 Å². The van der Waals surface area contributed by atoms with Crippen molar-refractivity contribution >= 4 is 44.8 Å². The van der Waals surface area contributed by atoms with Crippen LogP contribution in [0, 0.1) is 0 Å². The molecule has 1 amide bonds. The first-order valence-corrected chi connectivity index (χ1v) is 9.61. The normalized spacial score (nSPS) is 12.0. The molecule has 5 nitrogen and oxygen atoms in total. The summed E-state index contributed by atoms with van der Waals surface area (Å²) in [7, 11) is -4.32. The lowest BCUT2D eigenvalue weighted by Crippen LogP contribution is -2.33. The predicted octanol–water partition coefficient (Wildman–Crippen LogP) is 4.02. The zero-order valence-electron chi connectivity index (χ0n) is 13.5. The van der Waals surface area contributed by atoms with Crippen LogP contribution in [0.15, 0.2) is 47.4 Å². The Hall–Kier alpha value is -1.81. The predicted molar refractivity (Wildman–Crippen MR) is 96.5 cm³/mol. The van der Waals surface area contributed by atoms with Gasteiger partial charge in [-0.2, -0.15) is 13.2 Å². The molecule has 0 atom stereocenters. The van der Waals surface area contributed by atoms with Gasteiger partial charge in [-0.15, -0.1) is 0 Å². The van der Waals surface area contributed by atoms with Crippen LogP contribution < -0.4 is 10.0 Å². The van der Waals surface area contributed by atoms with Crippen LogP contribution in [-0.4, -0.2) is 27.0 Å². The summed E-state index contributed by atoms with van der Waals surface area (Å²) < 4.78 is 61.5. The average Bonchev–Trinajstić information content (AvgIpc) is 2.57. The van der Waals surface area contributed by atoms with E-state index in [1.54, 1.807) is 18.2 Å². The molecule has 0 bridgehead atoms. The third-order valence-electron chi connectivity index (χ3n) is 3.31. The highest BCUT2D eigenvalue weighted by atomic mass is 35.5. The van der Waals surface area contributed by atoms with E-state index in [0.717, 1.165) is 12.1 Å². The monoisotopic (exact) mass is 440 g/mol. The Kier molecular flexibility index (Phi) is 6.74. The van der Waals surface area contributed by atoms with Crippen LogP contribution in [0.2, 0.25) is 10.0 Å². The number of hydrogen-bond donors (Lipinski definition) is 2. The van der Waals surface area contributed by atoms with Gasteiger partial charge in [0.25, 0.3) is 0 Å². The number of sulfonamides is 1. The second-order valence-corrected chi connectivity index (χ2v) is 7.97. The largest absolute Gasteiger partial charge is 0.402 e. The van der Waals surface area contributed by atoms with E-state index in [2.05, 4.69) is 5.32 Å². The van der Waals surface area contributed by atoms with Gasteiger partial charge in [0, 0.05) is 15.7 Å². The van der Waals surface area contributed by atoms with E-state index >= 15 is 0 Å². The van der Waals surface area contributed by atoms with Gasteiger partial charge in [-0.3, -0.25) is 4.79 Å². The van der Waals surface area contributed by atoms with Gasteiger partial charge in [0.1, 0.15) is 6.54 Å². The average molecular weight is 441 g/mol. The maximum Gasteiger partial charge on any atom is 0.402 e. The molecule has 0 fully saturated rings. The summed E-state index contributed by atoms with van der Waals surface area (Å²) in [4.78, 5) is 11.7. The third-order valence-corrected chi connectivity index (χ3v) is 5.44. The van der Waals surface area contributed by atoms with Crippen molar-refractivity contribution in [3.8, 4) is 0 Å². The highest BCUT2D eigenvalue weighted by Gasteiger charge is 2.30. The fourth-order valence-corrected chi connectivity index (χ4v) is 3.59. The van der Waals surface area contributed by atoms with Crippen LogP contribution in [0.4, 0.5) is 18.9 Å². The van der Waals surface area contributed by atoms with Crippen LogP contribution in [0.3, 0.4) is 0 Å². The molecule has 0 aromatic heterocycles. The SMILES string of the molecule is O=C(Cc1c(Cl)cccc1Cl)Nc1ccc(S(=O)(=O)NCC(F)(F)F)cc1. The van der Waals surface area contributed by atoms with Crippen LogP contribution in [0.5, 0.6) is 0 Å². The molecule has 2 aromatic rings. The van der Waals surface area contributed by atoms with E-state index in [9.17, 15) is 26.4 Å².